The van der Waals surface area contributed by atoms with Crippen LogP contribution in [0.4, 0.5) is 0 Å². The van der Waals surface area contributed by atoms with Gasteiger partial charge in [0.25, 0.3) is 0 Å². The summed E-state index contributed by atoms with van der Waals surface area (Å²) in [5.41, 5.74) is 1.37. The van der Waals surface area contributed by atoms with Gasteiger partial charge in [0.1, 0.15) is 72.2 Å². The fraction of sp³-hybridized carbons (Fsp3) is 0. The number of para-hydroxylation sites is 1. The van der Waals surface area contributed by atoms with E-state index in [0.29, 0.717) is 11.4 Å². The van der Waals surface area contributed by atoms with Crippen molar-refractivity contribution in [2.24, 2.45) is 0 Å². The van der Waals surface area contributed by atoms with Crippen molar-refractivity contribution in [3.8, 4) is 85.0 Å². The highest BCUT2D eigenvalue weighted by molar-refractivity contribution is 6.60. The molecule has 0 saturated carbocycles. The first-order chi connectivity index (χ1) is 30.6. The minimum absolute atomic E-state index is 0.00833. The Kier molecular flexibility index (Phi) is 9.17. The van der Waals surface area contributed by atoms with E-state index in [9.17, 15) is 35.7 Å². The molecule has 0 saturated heterocycles. The SMILES string of the molecule is [B]c1c(O)c(O)c2c3c(O)c(-c4c(O)c([B])c5c(c4[B])c4c(O)c(O)c(O)c([B])c4n5-c4ccccc4)c([B])c([B])c3n(-c3cc(-c4ccccc4)cc(-c4ccccc4)c3)c2c1[B]. The largest absolute Gasteiger partial charge is 0.508 e. The van der Waals surface area contributed by atoms with Crippen LogP contribution in [0.3, 0.4) is 0 Å². The zero-order valence-electron chi connectivity index (χ0n) is 33.5. The maximum Gasteiger partial charge on any atom is 0.200 e. The predicted molar refractivity (Wildman–Crippen MR) is 261 cm³/mol. The lowest BCUT2D eigenvalue weighted by molar-refractivity contribution is 0.373. The maximum atomic E-state index is 12.7. The molecule has 290 valence electrons. The molecule has 10 rings (SSSR count). The molecule has 0 amide bonds. The normalized spacial score (nSPS) is 11.7. The van der Waals surface area contributed by atoms with Crippen LogP contribution in [0.1, 0.15) is 0 Å². The van der Waals surface area contributed by atoms with Gasteiger partial charge in [0.15, 0.2) is 23.0 Å². The summed E-state index contributed by atoms with van der Waals surface area (Å²) in [6.45, 7) is 0. The minimum atomic E-state index is -0.954. The zero-order chi connectivity index (χ0) is 45.2. The fourth-order valence-electron chi connectivity index (χ4n) is 9.04. The van der Waals surface area contributed by atoms with Crippen molar-refractivity contribution in [3.63, 3.8) is 0 Å². The summed E-state index contributed by atoms with van der Waals surface area (Å²) >= 11 is 0. The quantitative estimate of drug-likeness (QED) is 0.104. The van der Waals surface area contributed by atoms with E-state index in [4.69, 9.17) is 54.9 Å². The Balaban J connectivity index is 1.38. The van der Waals surface area contributed by atoms with Gasteiger partial charge in [-0.15, -0.1) is 0 Å². The Labute approximate surface area is 374 Å². The Bertz CT molecular complexity index is 3600. The van der Waals surface area contributed by atoms with Gasteiger partial charge in [0, 0.05) is 27.9 Å². The molecular formula is C48H25B7N2O7. The number of benzene rings is 8. The average Bonchev–Trinajstić information content (AvgIpc) is 3.88. The molecule has 7 N–H and O–H groups in total. The molecule has 0 fully saturated rings. The molecule has 0 bridgehead atoms. The molecule has 64 heavy (non-hydrogen) atoms. The predicted octanol–water partition coefficient (Wildman–Crippen LogP) is 2.38. The van der Waals surface area contributed by atoms with Gasteiger partial charge in [-0.05, 0) is 63.5 Å². The monoisotopic (exact) mass is 818 g/mol. The van der Waals surface area contributed by atoms with Crippen LogP contribution < -0.4 is 38.2 Å². The van der Waals surface area contributed by atoms with Crippen LogP contribution in [0.5, 0.6) is 40.2 Å². The van der Waals surface area contributed by atoms with E-state index in [1.165, 1.54) is 4.57 Å². The number of aromatic nitrogens is 2. The topological polar surface area (TPSA) is 151 Å². The third-order valence-corrected chi connectivity index (χ3v) is 12.0. The smallest absolute Gasteiger partial charge is 0.200 e. The summed E-state index contributed by atoms with van der Waals surface area (Å²) in [5.74, 6) is -5.52. The van der Waals surface area contributed by atoms with Crippen LogP contribution in [0.15, 0.2) is 109 Å². The van der Waals surface area contributed by atoms with Crippen molar-refractivity contribution < 1.29 is 35.7 Å². The second kappa shape index (κ2) is 14.5. The third-order valence-electron chi connectivity index (χ3n) is 12.0. The van der Waals surface area contributed by atoms with Crippen molar-refractivity contribution in [1.29, 1.82) is 0 Å². The van der Waals surface area contributed by atoms with Crippen LogP contribution in [-0.4, -0.2) is 99.8 Å². The number of rotatable bonds is 5. The van der Waals surface area contributed by atoms with Gasteiger partial charge in [-0.3, -0.25) is 0 Å². The van der Waals surface area contributed by atoms with Gasteiger partial charge in [-0.2, -0.15) is 0 Å². The van der Waals surface area contributed by atoms with Crippen LogP contribution in [-0.2, 0) is 0 Å². The van der Waals surface area contributed by atoms with Crippen LogP contribution in [0.25, 0.3) is 88.4 Å². The van der Waals surface area contributed by atoms with E-state index >= 15 is 0 Å². The fourth-order valence-corrected chi connectivity index (χ4v) is 9.04. The highest BCUT2D eigenvalue weighted by Crippen LogP contribution is 2.49. The first-order valence-corrected chi connectivity index (χ1v) is 19.6. The second-order valence-corrected chi connectivity index (χ2v) is 15.5. The van der Waals surface area contributed by atoms with Crippen LogP contribution in [0.2, 0.25) is 0 Å². The average molecular weight is 817 g/mol. The first kappa shape index (κ1) is 40.5. The number of phenols is 7. The number of fused-ring (bicyclic) bond motifs is 6. The second-order valence-electron chi connectivity index (χ2n) is 15.5. The van der Waals surface area contributed by atoms with Gasteiger partial charge in [0.2, 0.25) is 0 Å². The van der Waals surface area contributed by atoms with E-state index in [1.54, 1.807) is 34.9 Å². The third kappa shape index (κ3) is 5.47. The molecule has 16 heteroatoms. The molecule has 14 radical (unpaired) electrons. The number of nitrogens with zero attached hydrogens (tertiary/aromatic N) is 2. The summed E-state index contributed by atoms with van der Waals surface area (Å²) < 4.78 is 3.03. The van der Waals surface area contributed by atoms with Crippen molar-refractivity contribution in [2.75, 3.05) is 0 Å². The summed E-state index contributed by atoms with van der Waals surface area (Å²) in [5, 5.41) is 80.5. The van der Waals surface area contributed by atoms with E-state index in [-0.39, 0.29) is 93.0 Å². The lowest BCUT2D eigenvalue weighted by Crippen LogP contribution is -2.32. The minimum Gasteiger partial charge on any atom is -0.508 e. The van der Waals surface area contributed by atoms with Gasteiger partial charge in [0.05, 0.1) is 38.2 Å². The first-order valence-electron chi connectivity index (χ1n) is 19.6. The summed E-state index contributed by atoms with van der Waals surface area (Å²) in [6.07, 6.45) is 0. The van der Waals surface area contributed by atoms with Crippen LogP contribution in [0, 0.1) is 0 Å². The Hall–Kier alpha value is -7.59. The molecule has 2 aromatic heterocycles. The van der Waals surface area contributed by atoms with E-state index < -0.39 is 40.2 Å². The standard InChI is InChI=1S/C48H25B7N2O7/c49-31-25-28-41(37(55)47(63)48(64)45(28)61)56(23-14-8-3-9-15-23)38(25)36(54)43(59)26(31)27-32(50)33(51)39-29(42(27)58)30-40(34(52)35(53)46(62)44(30)60)57(39)24-17-21(19-10-4-1-5-11-19)16-22(18-24)20-12-6-2-7-13-20/h1-18,58-64H. The number of aromatic hydroxyl groups is 7. The Morgan fingerprint density at radius 3 is 1.23 bits per heavy atom. The van der Waals surface area contributed by atoms with E-state index in [0.717, 1.165) is 22.3 Å². The molecule has 0 aliphatic rings. The van der Waals surface area contributed by atoms with Gasteiger partial charge < -0.3 is 44.9 Å². The molecule has 0 aliphatic heterocycles. The number of phenolic OH excluding ortho intramolecular Hbond substituents is 7. The number of hydrogen-bond acceptors (Lipinski definition) is 7. The molecule has 10 aromatic rings. The molecule has 0 aliphatic carbocycles. The van der Waals surface area contributed by atoms with E-state index in [1.807, 2.05) is 78.9 Å². The molecule has 9 nitrogen and oxygen atoms in total. The molecule has 0 unspecified atom stereocenters. The van der Waals surface area contributed by atoms with E-state index in [2.05, 4.69) is 0 Å². The molecule has 0 atom stereocenters. The van der Waals surface area contributed by atoms with Gasteiger partial charge >= 0.3 is 0 Å². The van der Waals surface area contributed by atoms with Crippen molar-refractivity contribution >= 4 is 137 Å². The number of hydrogen-bond donors (Lipinski definition) is 7. The maximum absolute atomic E-state index is 12.7. The molecule has 8 aromatic carbocycles. The summed E-state index contributed by atoms with van der Waals surface area (Å²) in [7, 11) is 47.3. The van der Waals surface area contributed by atoms with Gasteiger partial charge in [-0.25, -0.2) is 0 Å². The van der Waals surface area contributed by atoms with Crippen molar-refractivity contribution in [3.05, 3.63) is 109 Å². The van der Waals surface area contributed by atoms with Gasteiger partial charge in [-0.1, -0.05) is 106 Å². The van der Waals surface area contributed by atoms with Crippen molar-refractivity contribution in [2.45, 2.75) is 0 Å². The van der Waals surface area contributed by atoms with Crippen molar-refractivity contribution in [1.82, 2.24) is 9.13 Å². The highest BCUT2D eigenvalue weighted by Gasteiger charge is 2.32. The lowest BCUT2D eigenvalue weighted by Gasteiger charge is -2.22. The molecule has 0 spiro atoms. The summed E-state index contributed by atoms with van der Waals surface area (Å²) in [6, 6.07) is 33.4. The Morgan fingerprint density at radius 1 is 0.281 bits per heavy atom. The molecule has 2 heterocycles. The summed E-state index contributed by atoms with van der Waals surface area (Å²) in [4.78, 5) is 0. The molecular weight excluding hydrogens is 792 g/mol. The lowest BCUT2D eigenvalue weighted by atomic mass is 9.70. The van der Waals surface area contributed by atoms with Crippen LogP contribution >= 0.6 is 0 Å². The zero-order valence-corrected chi connectivity index (χ0v) is 33.5. The Morgan fingerprint density at radius 2 is 0.672 bits per heavy atom. The highest BCUT2D eigenvalue weighted by atomic mass is 16.3.